The maximum Gasteiger partial charge on any atom is 0.155 e. The number of anilines is 1. The summed E-state index contributed by atoms with van der Waals surface area (Å²) in [6, 6.07) is 0. The summed E-state index contributed by atoms with van der Waals surface area (Å²) >= 11 is 0. The topological polar surface area (TPSA) is 106 Å². The van der Waals surface area contributed by atoms with Gasteiger partial charge in [-0.15, -0.1) is 0 Å². The van der Waals surface area contributed by atoms with Crippen LogP contribution in [-0.2, 0) is 9.47 Å². The third-order valence-corrected chi connectivity index (χ3v) is 2.14. The number of nitrogen functional groups attached to an aromatic ring is 1. The molecule has 0 spiro atoms. The highest BCUT2D eigenvalue weighted by Gasteiger charge is 2.11. The lowest BCUT2D eigenvalue weighted by molar-refractivity contribution is 0.0365. The van der Waals surface area contributed by atoms with E-state index in [1.807, 2.05) is 0 Å². The van der Waals surface area contributed by atoms with Crippen LogP contribution in [0.4, 0.5) is 5.82 Å². The van der Waals surface area contributed by atoms with E-state index in [4.69, 9.17) is 20.6 Å². The van der Waals surface area contributed by atoms with Crippen molar-refractivity contribution in [1.82, 2.24) is 9.97 Å². The number of rotatable bonds is 7. The van der Waals surface area contributed by atoms with E-state index in [1.165, 1.54) is 12.4 Å². The molecule has 1 rings (SSSR count). The van der Waals surface area contributed by atoms with Crippen molar-refractivity contribution in [1.29, 1.82) is 5.41 Å². The van der Waals surface area contributed by atoms with Gasteiger partial charge in [-0.3, -0.25) is 5.41 Å². The Hall–Kier alpha value is -1.73. The Balaban J connectivity index is 2.65. The SMILES string of the molecule is COCC(CNc1nccnc1C(=N)N)OC. The highest BCUT2D eigenvalue weighted by Crippen LogP contribution is 2.07. The zero-order valence-corrected chi connectivity index (χ0v) is 9.93. The predicted molar refractivity (Wildman–Crippen MR) is 64.2 cm³/mol. The quantitative estimate of drug-likeness (QED) is 0.450. The van der Waals surface area contributed by atoms with Gasteiger partial charge in [-0.05, 0) is 0 Å². The van der Waals surface area contributed by atoms with Crippen LogP contribution in [0.1, 0.15) is 5.69 Å². The summed E-state index contributed by atoms with van der Waals surface area (Å²) in [5.74, 6) is 0.347. The molecule has 1 aromatic heterocycles. The molecule has 1 heterocycles. The molecule has 0 aliphatic carbocycles. The second-order valence-corrected chi connectivity index (χ2v) is 3.36. The number of amidine groups is 1. The molecule has 17 heavy (non-hydrogen) atoms. The molecule has 0 amide bonds. The molecule has 7 heteroatoms. The Labute approximate surface area is 99.9 Å². The minimum absolute atomic E-state index is 0.0955. The molecule has 0 aliphatic rings. The Morgan fingerprint density at radius 3 is 2.76 bits per heavy atom. The van der Waals surface area contributed by atoms with E-state index in [0.29, 0.717) is 24.7 Å². The van der Waals surface area contributed by atoms with Crippen molar-refractivity contribution in [3.63, 3.8) is 0 Å². The van der Waals surface area contributed by atoms with Crippen molar-refractivity contribution < 1.29 is 9.47 Å². The van der Waals surface area contributed by atoms with Crippen LogP contribution in [0.25, 0.3) is 0 Å². The second-order valence-electron chi connectivity index (χ2n) is 3.36. The molecule has 94 valence electrons. The highest BCUT2D eigenvalue weighted by molar-refractivity contribution is 5.97. The first-order chi connectivity index (χ1) is 8.19. The van der Waals surface area contributed by atoms with Crippen LogP contribution < -0.4 is 11.1 Å². The molecule has 7 nitrogen and oxygen atoms in total. The number of hydrogen-bond acceptors (Lipinski definition) is 6. The Morgan fingerprint density at radius 2 is 2.18 bits per heavy atom. The fourth-order valence-electron chi connectivity index (χ4n) is 1.27. The lowest BCUT2D eigenvalue weighted by atomic mass is 10.3. The lowest BCUT2D eigenvalue weighted by Crippen LogP contribution is -2.28. The van der Waals surface area contributed by atoms with Crippen LogP contribution in [0.15, 0.2) is 12.4 Å². The second kappa shape index (κ2) is 6.77. The minimum Gasteiger partial charge on any atom is -0.382 e. The molecule has 0 bridgehead atoms. The predicted octanol–water partition coefficient (Wildman–Crippen LogP) is -0.166. The molecule has 0 saturated carbocycles. The van der Waals surface area contributed by atoms with Gasteiger partial charge in [0.15, 0.2) is 5.82 Å². The van der Waals surface area contributed by atoms with Crippen LogP contribution in [0.3, 0.4) is 0 Å². The van der Waals surface area contributed by atoms with Crippen molar-refractivity contribution in [2.45, 2.75) is 6.10 Å². The molecule has 1 atom stereocenters. The van der Waals surface area contributed by atoms with Gasteiger partial charge in [0.2, 0.25) is 0 Å². The van der Waals surface area contributed by atoms with Crippen LogP contribution in [0.5, 0.6) is 0 Å². The summed E-state index contributed by atoms with van der Waals surface area (Å²) in [6.07, 6.45) is 2.93. The molecule has 0 aromatic carbocycles. The van der Waals surface area contributed by atoms with Gasteiger partial charge in [-0.2, -0.15) is 0 Å². The summed E-state index contributed by atoms with van der Waals surface area (Å²) < 4.78 is 10.2. The van der Waals surface area contributed by atoms with E-state index in [9.17, 15) is 0 Å². The monoisotopic (exact) mass is 239 g/mol. The number of ether oxygens (including phenoxy) is 2. The summed E-state index contributed by atoms with van der Waals surface area (Å²) in [7, 11) is 3.21. The molecule has 0 fully saturated rings. The molecule has 1 unspecified atom stereocenters. The third kappa shape index (κ3) is 3.97. The maximum absolute atomic E-state index is 7.37. The lowest BCUT2D eigenvalue weighted by Gasteiger charge is -2.16. The summed E-state index contributed by atoms with van der Waals surface area (Å²) in [4.78, 5) is 8.06. The van der Waals surface area contributed by atoms with Gasteiger partial charge in [-0.1, -0.05) is 0 Å². The van der Waals surface area contributed by atoms with Crippen LogP contribution in [-0.4, -0.2) is 49.3 Å². The molecular weight excluding hydrogens is 222 g/mol. The van der Waals surface area contributed by atoms with E-state index in [1.54, 1.807) is 14.2 Å². The van der Waals surface area contributed by atoms with E-state index in [-0.39, 0.29) is 11.9 Å². The van der Waals surface area contributed by atoms with E-state index >= 15 is 0 Å². The fraction of sp³-hybridized carbons (Fsp3) is 0.500. The molecule has 0 radical (unpaired) electrons. The average molecular weight is 239 g/mol. The van der Waals surface area contributed by atoms with E-state index in [0.717, 1.165) is 0 Å². The zero-order valence-electron chi connectivity index (χ0n) is 9.93. The number of nitrogens with one attached hydrogen (secondary N) is 2. The smallest absolute Gasteiger partial charge is 0.155 e. The van der Waals surface area contributed by atoms with Gasteiger partial charge in [0.25, 0.3) is 0 Å². The number of methoxy groups -OCH3 is 2. The Morgan fingerprint density at radius 1 is 1.47 bits per heavy atom. The van der Waals surface area contributed by atoms with Gasteiger partial charge < -0.3 is 20.5 Å². The van der Waals surface area contributed by atoms with Crippen molar-refractivity contribution in [2.75, 3.05) is 32.7 Å². The number of nitrogens with zero attached hydrogens (tertiary/aromatic N) is 2. The fourth-order valence-corrected chi connectivity index (χ4v) is 1.27. The minimum atomic E-state index is -0.124. The van der Waals surface area contributed by atoms with E-state index in [2.05, 4.69) is 15.3 Å². The molecular formula is C10H17N5O2. The van der Waals surface area contributed by atoms with Crippen LogP contribution in [0, 0.1) is 5.41 Å². The molecule has 1 aromatic rings. The number of nitrogens with two attached hydrogens (primary N) is 1. The van der Waals surface area contributed by atoms with Crippen molar-refractivity contribution in [2.24, 2.45) is 5.73 Å². The molecule has 0 saturated heterocycles. The normalized spacial score (nSPS) is 12.1. The Kier molecular flexibility index (Phi) is 5.31. The number of aromatic nitrogens is 2. The van der Waals surface area contributed by atoms with Crippen molar-refractivity contribution in [3.8, 4) is 0 Å². The van der Waals surface area contributed by atoms with Gasteiger partial charge in [0.1, 0.15) is 11.5 Å². The first kappa shape index (κ1) is 13.3. The first-order valence-electron chi connectivity index (χ1n) is 5.10. The van der Waals surface area contributed by atoms with Gasteiger partial charge in [0.05, 0.1) is 12.7 Å². The van der Waals surface area contributed by atoms with Gasteiger partial charge in [0, 0.05) is 33.2 Å². The summed E-state index contributed by atoms with van der Waals surface area (Å²) in [6.45, 7) is 0.975. The number of hydrogen-bond donors (Lipinski definition) is 3. The van der Waals surface area contributed by atoms with E-state index < -0.39 is 0 Å². The summed E-state index contributed by atoms with van der Waals surface area (Å²) in [5.41, 5.74) is 5.73. The molecule has 4 N–H and O–H groups in total. The third-order valence-electron chi connectivity index (χ3n) is 2.14. The highest BCUT2D eigenvalue weighted by atomic mass is 16.5. The molecule has 0 aliphatic heterocycles. The van der Waals surface area contributed by atoms with Crippen LogP contribution >= 0.6 is 0 Å². The largest absolute Gasteiger partial charge is 0.382 e. The average Bonchev–Trinajstić information content (AvgIpc) is 2.34. The van der Waals surface area contributed by atoms with Crippen molar-refractivity contribution in [3.05, 3.63) is 18.1 Å². The van der Waals surface area contributed by atoms with Crippen LogP contribution in [0.2, 0.25) is 0 Å². The van der Waals surface area contributed by atoms with Gasteiger partial charge >= 0.3 is 0 Å². The maximum atomic E-state index is 7.37. The van der Waals surface area contributed by atoms with Gasteiger partial charge in [-0.25, -0.2) is 9.97 Å². The summed E-state index contributed by atoms with van der Waals surface area (Å²) in [5, 5.41) is 10.4. The van der Waals surface area contributed by atoms with Crippen molar-refractivity contribution >= 4 is 11.7 Å². The first-order valence-corrected chi connectivity index (χ1v) is 5.10. The standard InChI is InChI=1S/C10H17N5O2/c1-16-6-7(17-2)5-15-10-8(9(11)12)13-3-4-14-10/h3-4,7H,5-6H2,1-2H3,(H3,11,12)(H,14,15). The zero-order chi connectivity index (χ0) is 12.7. The Bertz CT molecular complexity index is 371.